The standard InChI is InChI=1S/C15H21N3O3.C2HF3O2/c1-17(2)15(20)13-4-3-11-12(21-13)6-8-18(11)14(19)10-5-7-16-9-10;3-2(4,5)1(6)7/h5,7,9,11-13,16H,3-4,6,8H2,1-2H3;(H,6,7)/t11-,12-,13+;/m1./s1. The summed E-state index contributed by atoms with van der Waals surface area (Å²) in [6.07, 6.45) is 0.318. The van der Waals surface area contributed by atoms with Gasteiger partial charge in [0.2, 0.25) is 0 Å². The first-order chi connectivity index (χ1) is 13.0. The number of carbonyl (C=O) groups excluding carboxylic acids is 2. The lowest BCUT2D eigenvalue weighted by molar-refractivity contribution is -0.192. The number of likely N-dealkylation sites (N-methyl/N-ethyl adjacent to an activating group) is 1. The number of ether oxygens (including phenoxy) is 1. The number of aromatic nitrogens is 1. The molecule has 2 fully saturated rings. The quantitative estimate of drug-likeness (QED) is 0.776. The Morgan fingerprint density at radius 2 is 1.89 bits per heavy atom. The van der Waals surface area contributed by atoms with E-state index in [2.05, 4.69) is 4.98 Å². The minimum absolute atomic E-state index is 0.0175. The van der Waals surface area contributed by atoms with E-state index in [1.807, 2.05) is 4.90 Å². The number of aromatic amines is 1. The molecule has 0 saturated carbocycles. The zero-order chi connectivity index (χ0) is 21.1. The van der Waals surface area contributed by atoms with Crippen LogP contribution in [0.2, 0.25) is 0 Å². The van der Waals surface area contributed by atoms with E-state index in [0.717, 1.165) is 12.8 Å². The van der Waals surface area contributed by atoms with E-state index < -0.39 is 12.1 Å². The van der Waals surface area contributed by atoms with Gasteiger partial charge in [0.15, 0.2) is 0 Å². The largest absolute Gasteiger partial charge is 0.490 e. The molecule has 0 aliphatic carbocycles. The van der Waals surface area contributed by atoms with Crippen LogP contribution in [0.15, 0.2) is 18.5 Å². The number of rotatable bonds is 2. The van der Waals surface area contributed by atoms with Gasteiger partial charge < -0.3 is 24.6 Å². The third-order valence-corrected chi connectivity index (χ3v) is 4.61. The number of aliphatic carboxylic acids is 1. The van der Waals surface area contributed by atoms with Crippen LogP contribution in [0.3, 0.4) is 0 Å². The van der Waals surface area contributed by atoms with Crippen LogP contribution in [0.4, 0.5) is 13.2 Å². The fourth-order valence-electron chi connectivity index (χ4n) is 3.27. The van der Waals surface area contributed by atoms with Crippen LogP contribution in [-0.2, 0) is 14.3 Å². The van der Waals surface area contributed by atoms with Crippen LogP contribution >= 0.6 is 0 Å². The molecule has 0 unspecified atom stereocenters. The lowest BCUT2D eigenvalue weighted by Crippen LogP contribution is -2.48. The molecule has 0 spiro atoms. The summed E-state index contributed by atoms with van der Waals surface area (Å²) in [6.45, 7) is 0.697. The van der Waals surface area contributed by atoms with E-state index >= 15 is 0 Å². The molecule has 0 aromatic carbocycles. The summed E-state index contributed by atoms with van der Waals surface area (Å²) >= 11 is 0. The molecule has 1 aromatic heterocycles. The molecule has 8 nitrogen and oxygen atoms in total. The molecule has 2 aliphatic rings. The summed E-state index contributed by atoms with van der Waals surface area (Å²) in [7, 11) is 3.49. The molecule has 2 saturated heterocycles. The maximum Gasteiger partial charge on any atom is 0.490 e. The summed E-state index contributed by atoms with van der Waals surface area (Å²) in [5, 5.41) is 7.12. The van der Waals surface area contributed by atoms with Gasteiger partial charge in [-0.05, 0) is 25.3 Å². The van der Waals surface area contributed by atoms with Crippen molar-refractivity contribution in [3.8, 4) is 0 Å². The summed E-state index contributed by atoms with van der Waals surface area (Å²) in [4.78, 5) is 39.7. The van der Waals surface area contributed by atoms with Crippen LogP contribution in [0.25, 0.3) is 0 Å². The Kier molecular flexibility index (Phi) is 6.70. The maximum absolute atomic E-state index is 12.5. The van der Waals surface area contributed by atoms with Crippen LogP contribution in [0, 0.1) is 0 Å². The summed E-state index contributed by atoms with van der Waals surface area (Å²) in [5.41, 5.74) is 0.683. The zero-order valence-electron chi connectivity index (χ0n) is 15.4. The number of hydrogen-bond acceptors (Lipinski definition) is 4. The van der Waals surface area contributed by atoms with Crippen molar-refractivity contribution >= 4 is 17.8 Å². The summed E-state index contributed by atoms with van der Waals surface area (Å²) in [6, 6.07) is 1.89. The first kappa shape index (κ1) is 21.7. The highest BCUT2D eigenvalue weighted by atomic mass is 19.4. The van der Waals surface area contributed by atoms with Crippen LogP contribution in [-0.4, -0.2) is 82.7 Å². The Balaban J connectivity index is 0.000000345. The molecule has 3 rings (SSSR count). The lowest BCUT2D eigenvalue weighted by atomic mass is 9.98. The SMILES string of the molecule is CN(C)C(=O)[C@@H]1CC[C@@H]2[C@@H](CCN2C(=O)c2cc[nH]c2)O1.O=C(O)C(F)(F)F. The molecule has 3 atom stereocenters. The second-order valence-corrected chi connectivity index (χ2v) is 6.73. The lowest BCUT2D eigenvalue weighted by Gasteiger charge is -2.36. The van der Waals surface area contributed by atoms with Gasteiger partial charge in [0.05, 0.1) is 17.7 Å². The van der Waals surface area contributed by atoms with Gasteiger partial charge in [-0.2, -0.15) is 13.2 Å². The molecule has 2 N–H and O–H groups in total. The van der Waals surface area contributed by atoms with Crippen LogP contribution < -0.4 is 0 Å². The molecule has 28 heavy (non-hydrogen) atoms. The third kappa shape index (κ3) is 5.03. The smallest absolute Gasteiger partial charge is 0.475 e. The Hall–Kier alpha value is -2.56. The van der Waals surface area contributed by atoms with E-state index in [1.165, 1.54) is 0 Å². The Morgan fingerprint density at radius 3 is 2.39 bits per heavy atom. The number of halogens is 3. The van der Waals surface area contributed by atoms with Gasteiger partial charge in [-0.1, -0.05) is 0 Å². The molecule has 3 heterocycles. The third-order valence-electron chi connectivity index (χ3n) is 4.61. The van der Waals surface area contributed by atoms with Crippen LogP contribution in [0.1, 0.15) is 29.6 Å². The number of nitrogens with zero attached hydrogens (tertiary/aromatic N) is 2. The van der Waals surface area contributed by atoms with Crippen molar-refractivity contribution in [1.82, 2.24) is 14.8 Å². The molecule has 0 bridgehead atoms. The average molecular weight is 405 g/mol. The fraction of sp³-hybridized carbons (Fsp3) is 0.588. The number of H-pyrrole nitrogens is 1. The van der Waals surface area contributed by atoms with Gasteiger partial charge in [-0.3, -0.25) is 9.59 Å². The van der Waals surface area contributed by atoms with Crippen molar-refractivity contribution in [2.24, 2.45) is 0 Å². The molecule has 156 valence electrons. The number of amides is 2. The average Bonchev–Trinajstić information content (AvgIpc) is 3.29. The number of nitrogens with one attached hydrogen (secondary N) is 1. The number of carbonyl (C=O) groups is 3. The predicted molar refractivity (Wildman–Crippen MR) is 90.5 cm³/mol. The van der Waals surface area contributed by atoms with Crippen molar-refractivity contribution in [3.05, 3.63) is 24.0 Å². The number of carboxylic acid groups (broad SMARTS) is 1. The van der Waals surface area contributed by atoms with E-state index in [0.29, 0.717) is 18.5 Å². The van der Waals surface area contributed by atoms with E-state index in [-0.39, 0.29) is 30.1 Å². The van der Waals surface area contributed by atoms with E-state index in [9.17, 15) is 22.8 Å². The number of carboxylic acids is 1. The minimum atomic E-state index is -5.08. The van der Waals surface area contributed by atoms with Crippen molar-refractivity contribution in [1.29, 1.82) is 0 Å². The normalized spacial score (nSPS) is 24.0. The highest BCUT2D eigenvalue weighted by Gasteiger charge is 2.44. The summed E-state index contributed by atoms with van der Waals surface area (Å²) in [5.74, 6) is -2.69. The van der Waals surface area contributed by atoms with Crippen molar-refractivity contribution in [2.45, 2.75) is 43.7 Å². The zero-order valence-corrected chi connectivity index (χ0v) is 15.4. The first-order valence-electron chi connectivity index (χ1n) is 8.63. The number of hydrogen-bond donors (Lipinski definition) is 2. The predicted octanol–water partition coefficient (Wildman–Crippen LogP) is 1.50. The van der Waals surface area contributed by atoms with Gasteiger partial charge in [0.1, 0.15) is 6.10 Å². The second-order valence-electron chi connectivity index (χ2n) is 6.73. The van der Waals surface area contributed by atoms with Crippen molar-refractivity contribution in [2.75, 3.05) is 20.6 Å². The Labute approximate surface area is 159 Å². The number of alkyl halides is 3. The van der Waals surface area contributed by atoms with Crippen molar-refractivity contribution < 1.29 is 37.4 Å². The minimum Gasteiger partial charge on any atom is -0.475 e. The van der Waals surface area contributed by atoms with E-state index in [1.54, 1.807) is 37.5 Å². The van der Waals surface area contributed by atoms with Gasteiger partial charge in [0.25, 0.3) is 11.8 Å². The topological polar surface area (TPSA) is 103 Å². The van der Waals surface area contributed by atoms with Gasteiger partial charge in [0, 0.05) is 33.0 Å². The first-order valence-corrected chi connectivity index (χ1v) is 8.63. The molecule has 0 radical (unpaired) electrons. The molecule has 2 aliphatic heterocycles. The van der Waals surface area contributed by atoms with Gasteiger partial charge in [-0.25, -0.2) is 4.79 Å². The molecular weight excluding hydrogens is 383 g/mol. The second kappa shape index (κ2) is 8.63. The monoisotopic (exact) mass is 405 g/mol. The van der Waals surface area contributed by atoms with Gasteiger partial charge >= 0.3 is 12.1 Å². The fourth-order valence-corrected chi connectivity index (χ4v) is 3.27. The Morgan fingerprint density at radius 1 is 1.25 bits per heavy atom. The van der Waals surface area contributed by atoms with E-state index in [4.69, 9.17) is 14.6 Å². The Bertz CT molecular complexity index is 705. The summed E-state index contributed by atoms with van der Waals surface area (Å²) < 4.78 is 37.7. The molecule has 11 heteroatoms. The van der Waals surface area contributed by atoms with Crippen LogP contribution in [0.5, 0.6) is 0 Å². The molecule has 2 amide bonds. The highest BCUT2D eigenvalue weighted by Crippen LogP contribution is 2.32. The number of likely N-dealkylation sites (tertiary alicyclic amines) is 1. The number of fused-ring (bicyclic) bond motifs is 1. The molecule has 1 aromatic rings. The highest BCUT2D eigenvalue weighted by molar-refractivity contribution is 5.94. The maximum atomic E-state index is 12.5. The van der Waals surface area contributed by atoms with Crippen molar-refractivity contribution in [3.63, 3.8) is 0 Å². The molecular formula is C17H22F3N3O5. The van der Waals surface area contributed by atoms with Gasteiger partial charge in [-0.15, -0.1) is 0 Å².